The standard InChI is InChI=1S/C15H22N2O2.ClH/c18-15(17-10-4-8-16-9-11-17)13-19-12-7-14-5-2-1-3-6-14;/h1-3,5-6,16H,4,7-13H2;1H. The molecule has 1 fully saturated rings. The predicted molar refractivity (Wildman–Crippen MR) is 82.3 cm³/mol. The van der Waals surface area contributed by atoms with Gasteiger partial charge in [-0.2, -0.15) is 0 Å². The van der Waals surface area contributed by atoms with Crippen LogP contribution in [0.2, 0.25) is 0 Å². The van der Waals surface area contributed by atoms with E-state index in [4.69, 9.17) is 4.74 Å². The summed E-state index contributed by atoms with van der Waals surface area (Å²) in [7, 11) is 0. The molecule has 1 saturated heterocycles. The molecule has 1 aliphatic rings. The number of amides is 1. The fourth-order valence-corrected chi connectivity index (χ4v) is 2.18. The highest BCUT2D eigenvalue weighted by Crippen LogP contribution is 2.01. The molecule has 1 aliphatic heterocycles. The quantitative estimate of drug-likeness (QED) is 0.838. The van der Waals surface area contributed by atoms with E-state index in [1.54, 1.807) is 0 Å². The molecule has 20 heavy (non-hydrogen) atoms. The molecule has 0 aromatic heterocycles. The average molecular weight is 299 g/mol. The summed E-state index contributed by atoms with van der Waals surface area (Å²) in [5.41, 5.74) is 1.24. The minimum absolute atomic E-state index is 0. The molecule has 1 heterocycles. The summed E-state index contributed by atoms with van der Waals surface area (Å²) in [4.78, 5) is 13.8. The van der Waals surface area contributed by atoms with Crippen LogP contribution in [0.4, 0.5) is 0 Å². The lowest BCUT2D eigenvalue weighted by atomic mass is 10.2. The third-order valence-corrected chi connectivity index (χ3v) is 3.30. The Kier molecular flexibility index (Phi) is 8.26. The van der Waals surface area contributed by atoms with Crippen molar-refractivity contribution in [2.24, 2.45) is 0 Å². The van der Waals surface area contributed by atoms with Gasteiger partial charge in [0.05, 0.1) is 6.61 Å². The molecule has 0 unspecified atom stereocenters. The molecular weight excluding hydrogens is 276 g/mol. The molecule has 0 spiro atoms. The topological polar surface area (TPSA) is 41.6 Å². The molecule has 5 heteroatoms. The molecule has 112 valence electrons. The summed E-state index contributed by atoms with van der Waals surface area (Å²) in [6.45, 7) is 4.32. The minimum atomic E-state index is 0. The van der Waals surface area contributed by atoms with Crippen LogP contribution >= 0.6 is 12.4 Å². The molecule has 0 aliphatic carbocycles. The van der Waals surface area contributed by atoms with E-state index in [-0.39, 0.29) is 24.9 Å². The lowest BCUT2D eigenvalue weighted by molar-refractivity contribution is -0.135. The summed E-state index contributed by atoms with van der Waals surface area (Å²) < 4.78 is 5.48. The van der Waals surface area contributed by atoms with E-state index in [1.807, 2.05) is 23.1 Å². The molecular formula is C15H23ClN2O2. The number of halogens is 1. The average Bonchev–Trinajstić information content (AvgIpc) is 2.73. The zero-order chi connectivity index (χ0) is 13.3. The number of nitrogens with one attached hydrogen (secondary N) is 1. The second-order valence-corrected chi connectivity index (χ2v) is 4.77. The maximum absolute atomic E-state index is 11.9. The third kappa shape index (κ3) is 5.90. The summed E-state index contributed by atoms with van der Waals surface area (Å²) in [6, 6.07) is 10.2. The molecule has 1 aromatic carbocycles. The number of nitrogens with zero attached hydrogens (tertiary/aromatic N) is 1. The van der Waals surface area contributed by atoms with E-state index in [0.717, 1.165) is 39.0 Å². The number of benzene rings is 1. The predicted octanol–water partition coefficient (Wildman–Crippen LogP) is 1.49. The molecule has 0 saturated carbocycles. The maximum atomic E-state index is 11.9. The van der Waals surface area contributed by atoms with Crippen LogP contribution in [-0.4, -0.2) is 50.2 Å². The number of hydrogen-bond donors (Lipinski definition) is 1. The monoisotopic (exact) mass is 298 g/mol. The van der Waals surface area contributed by atoms with Crippen LogP contribution in [-0.2, 0) is 16.0 Å². The fourth-order valence-electron chi connectivity index (χ4n) is 2.18. The van der Waals surface area contributed by atoms with E-state index in [1.165, 1.54) is 5.56 Å². The van der Waals surface area contributed by atoms with Gasteiger partial charge in [0.2, 0.25) is 5.91 Å². The molecule has 1 N–H and O–H groups in total. The van der Waals surface area contributed by atoms with Gasteiger partial charge in [-0.3, -0.25) is 4.79 Å². The van der Waals surface area contributed by atoms with Gasteiger partial charge in [-0.05, 0) is 24.9 Å². The first-order valence-corrected chi connectivity index (χ1v) is 6.96. The third-order valence-electron chi connectivity index (χ3n) is 3.30. The van der Waals surface area contributed by atoms with Gasteiger partial charge < -0.3 is 15.0 Å². The van der Waals surface area contributed by atoms with Crippen LogP contribution in [0.1, 0.15) is 12.0 Å². The Hall–Kier alpha value is -1.10. The van der Waals surface area contributed by atoms with Crippen molar-refractivity contribution < 1.29 is 9.53 Å². The van der Waals surface area contributed by atoms with Crippen molar-refractivity contribution in [2.45, 2.75) is 12.8 Å². The molecule has 0 radical (unpaired) electrons. The van der Waals surface area contributed by atoms with Crippen molar-refractivity contribution in [3.8, 4) is 0 Å². The molecule has 4 nitrogen and oxygen atoms in total. The first kappa shape index (κ1) is 17.0. The van der Waals surface area contributed by atoms with Crippen LogP contribution in [0.3, 0.4) is 0 Å². The van der Waals surface area contributed by atoms with Crippen molar-refractivity contribution in [3.63, 3.8) is 0 Å². The highest BCUT2D eigenvalue weighted by Gasteiger charge is 2.14. The summed E-state index contributed by atoms with van der Waals surface area (Å²) in [5.74, 6) is 0.108. The minimum Gasteiger partial charge on any atom is -0.371 e. The number of carbonyl (C=O) groups excluding carboxylic acids is 1. The van der Waals surface area contributed by atoms with Crippen LogP contribution < -0.4 is 5.32 Å². The first-order chi connectivity index (χ1) is 9.36. The summed E-state index contributed by atoms with van der Waals surface area (Å²) in [5, 5.41) is 3.29. The Morgan fingerprint density at radius 2 is 2.00 bits per heavy atom. The largest absolute Gasteiger partial charge is 0.371 e. The van der Waals surface area contributed by atoms with Gasteiger partial charge in [-0.15, -0.1) is 12.4 Å². The Balaban J connectivity index is 0.00000200. The molecule has 1 amide bonds. The maximum Gasteiger partial charge on any atom is 0.248 e. The van der Waals surface area contributed by atoms with Crippen LogP contribution in [0.25, 0.3) is 0 Å². The van der Waals surface area contributed by atoms with Crippen LogP contribution in [0.15, 0.2) is 30.3 Å². The van der Waals surface area contributed by atoms with Gasteiger partial charge in [-0.1, -0.05) is 30.3 Å². The molecule has 1 aromatic rings. The van der Waals surface area contributed by atoms with E-state index < -0.39 is 0 Å². The zero-order valence-corrected chi connectivity index (χ0v) is 12.5. The summed E-state index contributed by atoms with van der Waals surface area (Å²) >= 11 is 0. The smallest absolute Gasteiger partial charge is 0.248 e. The van der Waals surface area contributed by atoms with E-state index in [9.17, 15) is 4.79 Å². The van der Waals surface area contributed by atoms with Crippen molar-refractivity contribution in [1.82, 2.24) is 10.2 Å². The Bertz CT molecular complexity index is 379. The molecule has 0 atom stereocenters. The number of hydrogen-bond acceptors (Lipinski definition) is 3. The molecule has 0 bridgehead atoms. The van der Waals surface area contributed by atoms with Crippen LogP contribution in [0.5, 0.6) is 0 Å². The second-order valence-electron chi connectivity index (χ2n) is 4.77. The van der Waals surface area contributed by atoms with Crippen molar-refractivity contribution in [1.29, 1.82) is 0 Å². The lowest BCUT2D eigenvalue weighted by Crippen LogP contribution is -2.36. The van der Waals surface area contributed by atoms with E-state index in [0.29, 0.717) is 6.61 Å². The van der Waals surface area contributed by atoms with Crippen LogP contribution in [0, 0.1) is 0 Å². The van der Waals surface area contributed by atoms with Gasteiger partial charge in [0, 0.05) is 19.6 Å². The second kappa shape index (κ2) is 9.75. The highest BCUT2D eigenvalue weighted by molar-refractivity contribution is 5.85. The van der Waals surface area contributed by atoms with E-state index >= 15 is 0 Å². The number of rotatable bonds is 5. The van der Waals surface area contributed by atoms with Gasteiger partial charge >= 0.3 is 0 Å². The van der Waals surface area contributed by atoms with Gasteiger partial charge in [0.25, 0.3) is 0 Å². The van der Waals surface area contributed by atoms with Gasteiger partial charge in [-0.25, -0.2) is 0 Å². The highest BCUT2D eigenvalue weighted by atomic mass is 35.5. The SMILES string of the molecule is Cl.O=C(COCCc1ccccc1)N1CCCNCC1. The van der Waals surface area contributed by atoms with Crippen molar-refractivity contribution >= 4 is 18.3 Å². The van der Waals surface area contributed by atoms with Crippen molar-refractivity contribution in [2.75, 3.05) is 39.4 Å². The van der Waals surface area contributed by atoms with E-state index in [2.05, 4.69) is 17.4 Å². The Labute approximate surface area is 126 Å². The Morgan fingerprint density at radius 1 is 1.20 bits per heavy atom. The fraction of sp³-hybridized carbons (Fsp3) is 0.533. The zero-order valence-electron chi connectivity index (χ0n) is 11.7. The van der Waals surface area contributed by atoms with Gasteiger partial charge in [0.15, 0.2) is 0 Å². The normalized spacial score (nSPS) is 15.3. The summed E-state index contributed by atoms with van der Waals surface area (Å²) in [6.07, 6.45) is 1.88. The van der Waals surface area contributed by atoms with Crippen molar-refractivity contribution in [3.05, 3.63) is 35.9 Å². The number of ether oxygens (including phenoxy) is 1. The van der Waals surface area contributed by atoms with Gasteiger partial charge in [0.1, 0.15) is 6.61 Å². The lowest BCUT2D eigenvalue weighted by Gasteiger charge is -2.19. The first-order valence-electron chi connectivity index (χ1n) is 6.96. The number of carbonyl (C=O) groups is 1. The molecule has 2 rings (SSSR count). The Morgan fingerprint density at radius 3 is 2.80 bits per heavy atom.